The molecule has 16 heteroatoms. The average Bonchev–Trinajstić information content (AvgIpc) is 3.39. The minimum absolute atomic E-state index is 0.0518. The zero-order valence-electron chi connectivity index (χ0n) is 20.7. The van der Waals surface area contributed by atoms with Crippen LogP contribution in [0.2, 0.25) is 0 Å². The third kappa shape index (κ3) is 4.13. The van der Waals surface area contributed by atoms with Gasteiger partial charge in [0.1, 0.15) is 18.0 Å². The molecular formula is C24H26F6O9S. The van der Waals surface area contributed by atoms with Crippen LogP contribution in [0.15, 0.2) is 0 Å². The topological polar surface area (TPSA) is 133 Å². The number of esters is 3. The van der Waals surface area contributed by atoms with E-state index < -0.39 is 93.5 Å². The van der Waals surface area contributed by atoms with E-state index in [9.17, 15) is 49.1 Å². The van der Waals surface area contributed by atoms with E-state index in [2.05, 4.69) is 4.74 Å². The van der Waals surface area contributed by atoms with Crippen LogP contribution < -0.4 is 0 Å². The number of alkyl halides is 6. The summed E-state index contributed by atoms with van der Waals surface area (Å²) in [5.74, 6) is -11.3. The van der Waals surface area contributed by atoms with Crippen molar-refractivity contribution in [1.82, 2.24) is 0 Å². The van der Waals surface area contributed by atoms with Gasteiger partial charge in [-0.2, -0.15) is 34.8 Å². The lowest BCUT2D eigenvalue weighted by Crippen LogP contribution is -2.64. The van der Waals surface area contributed by atoms with Gasteiger partial charge in [0.25, 0.3) is 10.1 Å². The quantitative estimate of drug-likeness (QED) is 0.210. The molecule has 1 saturated heterocycles. The monoisotopic (exact) mass is 604 g/mol. The minimum Gasteiger partial charge on any atom is -0.458 e. The van der Waals surface area contributed by atoms with E-state index in [1.165, 1.54) is 0 Å². The molecular weight excluding hydrogens is 578 g/mol. The number of carbonyl (C=O) groups is 3. The summed E-state index contributed by atoms with van der Waals surface area (Å²) in [6, 6.07) is 0. The Morgan fingerprint density at radius 1 is 0.850 bits per heavy atom. The summed E-state index contributed by atoms with van der Waals surface area (Å²) >= 11 is 0. The number of hydrogen-bond donors (Lipinski definition) is 1. The predicted octanol–water partition coefficient (Wildman–Crippen LogP) is 3.07. The second-order valence-electron chi connectivity index (χ2n) is 12.3. The van der Waals surface area contributed by atoms with Crippen LogP contribution in [0.1, 0.15) is 38.5 Å². The average molecular weight is 605 g/mol. The summed E-state index contributed by atoms with van der Waals surface area (Å²) in [6.07, 6.45) is -10.7. The summed E-state index contributed by atoms with van der Waals surface area (Å²) < 4.78 is 129. The third-order valence-electron chi connectivity index (χ3n) is 10.1. The lowest BCUT2D eigenvalue weighted by atomic mass is 9.52. The fourth-order valence-corrected chi connectivity index (χ4v) is 9.86. The maximum Gasteiger partial charge on any atom is 0.438 e. The molecule has 224 valence electrons. The molecule has 1 aliphatic heterocycles. The van der Waals surface area contributed by atoms with Crippen LogP contribution in [0.4, 0.5) is 26.3 Å². The zero-order chi connectivity index (χ0) is 29.2. The molecule has 9 nitrogen and oxygen atoms in total. The third-order valence-corrected chi connectivity index (χ3v) is 10.9. The molecule has 1 N–H and O–H groups in total. The van der Waals surface area contributed by atoms with E-state index >= 15 is 0 Å². The van der Waals surface area contributed by atoms with Gasteiger partial charge in [0.15, 0.2) is 0 Å². The molecule has 6 aliphatic carbocycles. The van der Waals surface area contributed by atoms with E-state index in [0.717, 1.165) is 32.1 Å². The summed E-state index contributed by atoms with van der Waals surface area (Å²) in [5.41, 5.74) is -5.60. The molecule has 0 aromatic rings. The number of ether oxygens (including phenoxy) is 3. The SMILES string of the molecule is O=C(OC1C2CC3C1OC(=O)C3C2C(=O)OC(CS(=O)(=O)O)(C(F)(F)F)C(F)(F)F)C1C2CC3CC(C2)CC1C3. The maximum atomic E-state index is 13.8. The molecule has 6 unspecified atom stereocenters. The fraction of sp³-hybridized carbons (Fsp3) is 0.875. The lowest BCUT2D eigenvalue weighted by Gasteiger charge is -2.53. The van der Waals surface area contributed by atoms with Gasteiger partial charge in [-0.1, -0.05) is 0 Å². The Morgan fingerprint density at radius 2 is 1.40 bits per heavy atom. The van der Waals surface area contributed by atoms with Gasteiger partial charge in [-0.3, -0.25) is 18.9 Å². The Hall–Kier alpha value is -2.10. The van der Waals surface area contributed by atoms with Crippen LogP contribution >= 0.6 is 0 Å². The zero-order valence-corrected chi connectivity index (χ0v) is 21.5. The first-order chi connectivity index (χ1) is 18.4. The van der Waals surface area contributed by atoms with Crippen LogP contribution in [-0.2, 0) is 38.7 Å². The Labute approximate surface area is 224 Å². The van der Waals surface area contributed by atoms with Crippen LogP contribution in [-0.4, -0.2) is 66.8 Å². The fourth-order valence-electron chi connectivity index (χ4n) is 8.96. The standard InChI is InChI=1S/C24H26F6O9S/c25-23(26,27)22(24(28,29)30,7-40(34,35)36)39-21(33)16-13-6-12-15(16)20(32)38-17(12)18(13)37-19(31)14-10-2-8-1-9(4-10)5-11(14)3-8/h8-18H,1-7H2,(H,34,35,36). The second-order valence-corrected chi connectivity index (χ2v) is 13.8. The minimum atomic E-state index is -6.50. The maximum absolute atomic E-state index is 13.8. The molecule has 0 amide bonds. The number of carbonyl (C=O) groups excluding carboxylic acids is 3. The summed E-state index contributed by atoms with van der Waals surface area (Å²) in [7, 11) is -5.97. The van der Waals surface area contributed by atoms with E-state index in [0.29, 0.717) is 11.8 Å². The van der Waals surface area contributed by atoms with Crippen LogP contribution in [0.3, 0.4) is 0 Å². The van der Waals surface area contributed by atoms with Gasteiger partial charge in [-0.15, -0.1) is 0 Å². The van der Waals surface area contributed by atoms with E-state index in [1.54, 1.807) is 0 Å². The Kier molecular flexibility index (Phi) is 6.10. The Morgan fingerprint density at radius 3 is 1.90 bits per heavy atom. The van der Waals surface area contributed by atoms with Gasteiger partial charge in [-0.25, -0.2) is 0 Å². The van der Waals surface area contributed by atoms with E-state index in [4.69, 9.17) is 14.0 Å². The molecule has 0 spiro atoms. The molecule has 7 fully saturated rings. The molecule has 40 heavy (non-hydrogen) atoms. The van der Waals surface area contributed by atoms with Crippen LogP contribution in [0.5, 0.6) is 0 Å². The molecule has 7 aliphatic rings. The second kappa shape index (κ2) is 8.71. The molecule has 7 rings (SSSR count). The highest BCUT2D eigenvalue weighted by molar-refractivity contribution is 7.85. The highest BCUT2D eigenvalue weighted by Crippen LogP contribution is 2.61. The highest BCUT2D eigenvalue weighted by Gasteiger charge is 2.78. The molecule has 0 aromatic heterocycles. The van der Waals surface area contributed by atoms with E-state index in [-0.39, 0.29) is 18.3 Å². The van der Waals surface area contributed by atoms with Gasteiger partial charge in [0, 0.05) is 11.8 Å². The van der Waals surface area contributed by atoms with Crippen LogP contribution in [0.25, 0.3) is 0 Å². The van der Waals surface area contributed by atoms with Crippen molar-refractivity contribution in [2.45, 2.75) is 68.7 Å². The number of rotatable bonds is 6. The van der Waals surface area contributed by atoms with Crippen molar-refractivity contribution in [2.24, 2.45) is 53.3 Å². The summed E-state index contributed by atoms with van der Waals surface area (Å²) in [4.78, 5) is 39.0. The molecule has 6 saturated carbocycles. The van der Waals surface area contributed by atoms with Gasteiger partial charge in [-0.05, 0) is 62.2 Å². The van der Waals surface area contributed by atoms with Gasteiger partial charge in [0.05, 0.1) is 17.8 Å². The van der Waals surface area contributed by atoms with Crippen molar-refractivity contribution in [3.63, 3.8) is 0 Å². The Bertz CT molecular complexity index is 1190. The molecule has 6 atom stereocenters. The number of fused-ring (bicyclic) bond motifs is 1. The molecule has 0 aromatic carbocycles. The van der Waals surface area contributed by atoms with Crippen molar-refractivity contribution >= 4 is 28.0 Å². The van der Waals surface area contributed by atoms with Crippen LogP contribution in [0, 0.1) is 53.3 Å². The summed E-state index contributed by atoms with van der Waals surface area (Å²) in [5, 5.41) is 0. The van der Waals surface area contributed by atoms with Crippen molar-refractivity contribution in [3.8, 4) is 0 Å². The first-order valence-corrected chi connectivity index (χ1v) is 14.7. The molecule has 1 heterocycles. The normalized spacial score (nSPS) is 41.8. The highest BCUT2D eigenvalue weighted by atomic mass is 32.2. The predicted molar refractivity (Wildman–Crippen MR) is 116 cm³/mol. The molecule has 6 bridgehead atoms. The molecule has 0 radical (unpaired) electrons. The lowest BCUT2D eigenvalue weighted by molar-refractivity contribution is -0.362. The van der Waals surface area contributed by atoms with Crippen molar-refractivity contribution in [3.05, 3.63) is 0 Å². The Balaban J connectivity index is 1.26. The van der Waals surface area contributed by atoms with Crippen molar-refractivity contribution in [1.29, 1.82) is 0 Å². The van der Waals surface area contributed by atoms with Gasteiger partial charge >= 0.3 is 35.9 Å². The first kappa shape index (κ1) is 28.0. The van der Waals surface area contributed by atoms with Crippen molar-refractivity contribution in [2.75, 3.05) is 5.75 Å². The van der Waals surface area contributed by atoms with Gasteiger partial charge in [0.2, 0.25) is 0 Å². The largest absolute Gasteiger partial charge is 0.458 e. The summed E-state index contributed by atoms with van der Waals surface area (Å²) in [6.45, 7) is 0. The van der Waals surface area contributed by atoms with E-state index in [1.807, 2.05) is 0 Å². The van der Waals surface area contributed by atoms with Crippen molar-refractivity contribution < 1.29 is 67.9 Å². The van der Waals surface area contributed by atoms with Gasteiger partial charge < -0.3 is 14.2 Å². The number of hydrogen-bond acceptors (Lipinski definition) is 8. The smallest absolute Gasteiger partial charge is 0.438 e. The number of halogens is 6. The first-order valence-electron chi connectivity index (χ1n) is 13.1.